The second-order valence-corrected chi connectivity index (χ2v) is 7.10. The summed E-state index contributed by atoms with van der Waals surface area (Å²) >= 11 is 1.45. The molecule has 1 aliphatic heterocycles. The Morgan fingerprint density at radius 1 is 1.07 bits per heavy atom. The van der Waals surface area contributed by atoms with Crippen molar-refractivity contribution in [3.63, 3.8) is 0 Å². The SMILES string of the molecule is O=C(CSc1ccncc1)N1CCN(C(=O)c2cccc(OC(F)F)c2)CC1. The van der Waals surface area contributed by atoms with Crippen molar-refractivity contribution in [1.29, 1.82) is 0 Å². The Morgan fingerprint density at radius 2 is 1.75 bits per heavy atom. The molecule has 0 bridgehead atoms. The molecule has 1 aliphatic rings. The second kappa shape index (κ2) is 9.50. The van der Waals surface area contributed by atoms with E-state index in [4.69, 9.17) is 0 Å². The maximum Gasteiger partial charge on any atom is 0.387 e. The fourth-order valence-corrected chi connectivity index (χ4v) is 3.60. The summed E-state index contributed by atoms with van der Waals surface area (Å²) < 4.78 is 29.0. The van der Waals surface area contributed by atoms with Crippen molar-refractivity contribution in [1.82, 2.24) is 14.8 Å². The number of rotatable bonds is 6. The molecule has 0 spiro atoms. The van der Waals surface area contributed by atoms with Gasteiger partial charge in [-0.15, -0.1) is 11.8 Å². The highest BCUT2D eigenvalue weighted by Crippen LogP contribution is 2.19. The number of halogens is 2. The number of hydrogen-bond donors (Lipinski definition) is 0. The molecule has 0 radical (unpaired) electrons. The van der Waals surface area contributed by atoms with E-state index >= 15 is 0 Å². The normalized spacial score (nSPS) is 14.2. The van der Waals surface area contributed by atoms with E-state index in [1.165, 1.54) is 30.0 Å². The van der Waals surface area contributed by atoms with Crippen LogP contribution in [0.3, 0.4) is 0 Å². The second-order valence-electron chi connectivity index (χ2n) is 6.05. The van der Waals surface area contributed by atoms with Crippen molar-refractivity contribution in [3.05, 3.63) is 54.4 Å². The molecule has 148 valence electrons. The summed E-state index contributed by atoms with van der Waals surface area (Å²) in [6, 6.07) is 9.43. The molecular formula is C19H19F2N3O3S. The molecule has 0 N–H and O–H groups in total. The number of amides is 2. The number of pyridine rings is 1. The third-order valence-corrected chi connectivity index (χ3v) is 5.23. The van der Waals surface area contributed by atoms with Gasteiger partial charge in [-0.05, 0) is 30.3 Å². The van der Waals surface area contributed by atoms with Crippen LogP contribution in [-0.2, 0) is 4.79 Å². The third kappa shape index (κ3) is 5.41. The minimum absolute atomic E-state index is 0.0150. The number of carbonyl (C=O) groups is 2. The van der Waals surface area contributed by atoms with Gasteiger partial charge < -0.3 is 14.5 Å². The number of nitrogens with zero attached hydrogens (tertiary/aromatic N) is 3. The molecule has 1 aromatic carbocycles. The van der Waals surface area contributed by atoms with Crippen molar-refractivity contribution in [3.8, 4) is 5.75 Å². The van der Waals surface area contributed by atoms with Crippen molar-refractivity contribution in [2.24, 2.45) is 0 Å². The van der Waals surface area contributed by atoms with Crippen molar-refractivity contribution >= 4 is 23.6 Å². The molecule has 2 amide bonds. The third-order valence-electron chi connectivity index (χ3n) is 4.24. The van der Waals surface area contributed by atoms with Crippen LogP contribution in [0.5, 0.6) is 5.75 Å². The number of ether oxygens (including phenoxy) is 1. The molecule has 1 fully saturated rings. The van der Waals surface area contributed by atoms with Gasteiger partial charge in [-0.3, -0.25) is 14.6 Å². The van der Waals surface area contributed by atoms with Crippen LogP contribution in [-0.4, -0.2) is 65.1 Å². The first kappa shape index (κ1) is 20.1. The van der Waals surface area contributed by atoms with Crippen LogP contribution in [0.25, 0.3) is 0 Å². The van der Waals surface area contributed by atoms with E-state index in [1.807, 2.05) is 12.1 Å². The summed E-state index contributed by atoms with van der Waals surface area (Å²) in [5.74, 6) is 0.0207. The van der Waals surface area contributed by atoms with E-state index in [0.29, 0.717) is 31.9 Å². The molecule has 6 nitrogen and oxygen atoms in total. The molecule has 0 unspecified atom stereocenters. The van der Waals surface area contributed by atoms with E-state index in [0.717, 1.165) is 4.90 Å². The smallest absolute Gasteiger partial charge is 0.387 e. The highest BCUT2D eigenvalue weighted by Gasteiger charge is 2.25. The number of hydrogen-bond acceptors (Lipinski definition) is 5. The quantitative estimate of drug-likeness (QED) is 0.689. The van der Waals surface area contributed by atoms with E-state index < -0.39 is 6.61 Å². The van der Waals surface area contributed by atoms with Crippen LogP contribution < -0.4 is 4.74 Å². The summed E-state index contributed by atoms with van der Waals surface area (Å²) in [7, 11) is 0. The van der Waals surface area contributed by atoms with Gasteiger partial charge in [0.1, 0.15) is 5.75 Å². The minimum Gasteiger partial charge on any atom is -0.435 e. The molecule has 2 heterocycles. The number of aromatic nitrogens is 1. The molecule has 0 atom stereocenters. The van der Waals surface area contributed by atoms with Crippen LogP contribution in [0.1, 0.15) is 10.4 Å². The standard InChI is InChI=1S/C19H19F2N3O3S/c20-19(21)27-15-3-1-2-14(12-15)18(26)24-10-8-23(9-11-24)17(25)13-28-16-4-6-22-7-5-16/h1-7,12,19H,8-11,13H2. The molecule has 0 saturated carbocycles. The lowest BCUT2D eigenvalue weighted by atomic mass is 10.1. The first-order valence-electron chi connectivity index (χ1n) is 8.67. The summed E-state index contributed by atoms with van der Waals surface area (Å²) in [5, 5.41) is 0. The lowest BCUT2D eigenvalue weighted by molar-refractivity contribution is -0.129. The van der Waals surface area contributed by atoms with Crippen molar-refractivity contribution < 1.29 is 23.1 Å². The Morgan fingerprint density at radius 3 is 2.43 bits per heavy atom. The van der Waals surface area contributed by atoms with E-state index in [2.05, 4.69) is 9.72 Å². The summed E-state index contributed by atoms with van der Waals surface area (Å²) in [6.45, 7) is -1.27. The van der Waals surface area contributed by atoms with E-state index in [9.17, 15) is 18.4 Å². The topological polar surface area (TPSA) is 62.7 Å². The number of carbonyl (C=O) groups excluding carboxylic acids is 2. The average molecular weight is 407 g/mol. The zero-order valence-electron chi connectivity index (χ0n) is 15.0. The van der Waals surface area contributed by atoms with Crippen molar-refractivity contribution in [2.75, 3.05) is 31.9 Å². The highest BCUT2D eigenvalue weighted by atomic mass is 32.2. The van der Waals surface area contributed by atoms with Crippen LogP contribution in [0.15, 0.2) is 53.7 Å². The Labute approximate surface area is 165 Å². The van der Waals surface area contributed by atoms with Crippen LogP contribution in [0.4, 0.5) is 8.78 Å². The number of benzene rings is 1. The lowest BCUT2D eigenvalue weighted by Gasteiger charge is -2.34. The Bertz CT molecular complexity index is 815. The average Bonchev–Trinajstić information content (AvgIpc) is 2.72. The predicted octanol–water partition coefficient (Wildman–Crippen LogP) is 2.76. The zero-order chi connectivity index (χ0) is 19.9. The lowest BCUT2D eigenvalue weighted by Crippen LogP contribution is -2.51. The van der Waals surface area contributed by atoms with Gasteiger partial charge in [0.05, 0.1) is 5.75 Å². The van der Waals surface area contributed by atoms with Gasteiger partial charge in [0, 0.05) is 49.0 Å². The molecule has 2 aromatic rings. The maximum absolute atomic E-state index is 12.6. The molecule has 3 rings (SSSR count). The zero-order valence-corrected chi connectivity index (χ0v) is 15.8. The molecule has 9 heteroatoms. The van der Waals surface area contributed by atoms with Crippen LogP contribution in [0.2, 0.25) is 0 Å². The van der Waals surface area contributed by atoms with Gasteiger partial charge in [0.2, 0.25) is 5.91 Å². The Hall–Kier alpha value is -2.68. The van der Waals surface area contributed by atoms with Gasteiger partial charge in [0.15, 0.2) is 0 Å². The fourth-order valence-electron chi connectivity index (χ4n) is 2.82. The Kier molecular flexibility index (Phi) is 6.80. The summed E-state index contributed by atoms with van der Waals surface area (Å²) in [5.41, 5.74) is 0.283. The number of thioether (sulfide) groups is 1. The highest BCUT2D eigenvalue weighted by molar-refractivity contribution is 8.00. The predicted molar refractivity (Wildman–Crippen MR) is 101 cm³/mol. The first-order chi connectivity index (χ1) is 13.5. The van der Waals surface area contributed by atoms with Crippen LogP contribution in [0, 0.1) is 0 Å². The number of piperazine rings is 1. The van der Waals surface area contributed by atoms with Gasteiger partial charge >= 0.3 is 6.61 Å². The molecule has 0 aliphatic carbocycles. The van der Waals surface area contributed by atoms with Crippen molar-refractivity contribution in [2.45, 2.75) is 11.5 Å². The summed E-state index contributed by atoms with van der Waals surface area (Å²) in [6.07, 6.45) is 3.36. The number of alkyl halides is 2. The fraction of sp³-hybridized carbons (Fsp3) is 0.316. The van der Waals surface area contributed by atoms with Gasteiger partial charge in [-0.1, -0.05) is 6.07 Å². The largest absolute Gasteiger partial charge is 0.435 e. The van der Waals surface area contributed by atoms with E-state index in [1.54, 1.807) is 28.3 Å². The maximum atomic E-state index is 12.6. The first-order valence-corrected chi connectivity index (χ1v) is 9.66. The van der Waals surface area contributed by atoms with Gasteiger partial charge in [-0.25, -0.2) is 0 Å². The minimum atomic E-state index is -2.94. The molecule has 28 heavy (non-hydrogen) atoms. The van der Waals surface area contributed by atoms with Gasteiger partial charge in [-0.2, -0.15) is 8.78 Å². The monoisotopic (exact) mass is 407 g/mol. The molecule has 1 saturated heterocycles. The molecule has 1 aromatic heterocycles. The van der Waals surface area contributed by atoms with Gasteiger partial charge in [0.25, 0.3) is 5.91 Å². The molecular weight excluding hydrogens is 388 g/mol. The van der Waals surface area contributed by atoms with E-state index in [-0.39, 0.29) is 23.1 Å². The van der Waals surface area contributed by atoms with Crippen LogP contribution >= 0.6 is 11.8 Å². The Balaban J connectivity index is 1.50. The summed E-state index contributed by atoms with van der Waals surface area (Å²) in [4.78, 5) is 33.2.